The molecule has 2 aromatic carbocycles. The van der Waals surface area contributed by atoms with Gasteiger partial charge in [-0.05, 0) is 37.3 Å². The number of rotatable bonds is 8. The molecule has 6 heteroatoms. The van der Waals surface area contributed by atoms with Gasteiger partial charge in [-0.25, -0.2) is 0 Å². The highest BCUT2D eigenvalue weighted by Crippen LogP contribution is 2.13. The number of benzene rings is 2. The summed E-state index contributed by atoms with van der Waals surface area (Å²) in [6, 6.07) is 14.2. The summed E-state index contributed by atoms with van der Waals surface area (Å²) in [6.45, 7) is 2.52. The highest BCUT2D eigenvalue weighted by atomic mass is 16.5. The molecule has 6 nitrogen and oxygen atoms in total. The van der Waals surface area contributed by atoms with Crippen LogP contribution in [0.2, 0.25) is 0 Å². The third-order valence-corrected chi connectivity index (χ3v) is 3.15. The van der Waals surface area contributed by atoms with Gasteiger partial charge in [0.05, 0.1) is 6.54 Å². The van der Waals surface area contributed by atoms with Crippen LogP contribution >= 0.6 is 0 Å². The zero-order valence-corrected chi connectivity index (χ0v) is 13.5. The lowest BCUT2D eigenvalue weighted by molar-refractivity contribution is -0.119. The van der Waals surface area contributed by atoms with Gasteiger partial charge in [-0.15, -0.1) is 0 Å². The van der Waals surface area contributed by atoms with Gasteiger partial charge < -0.3 is 20.5 Å². The first-order chi connectivity index (χ1) is 11.5. The van der Waals surface area contributed by atoms with E-state index in [0.717, 1.165) is 11.3 Å². The number of primary amides is 1. The number of nitrogens with one attached hydrogen (secondary N) is 1. The fraction of sp³-hybridized carbons (Fsp3) is 0.222. The Hall–Kier alpha value is -3.02. The minimum Gasteiger partial charge on any atom is -0.492 e. The van der Waals surface area contributed by atoms with E-state index < -0.39 is 5.91 Å². The molecule has 0 saturated carbocycles. The molecule has 0 atom stereocenters. The molecule has 0 saturated heterocycles. The van der Waals surface area contributed by atoms with Crippen LogP contribution in [0.15, 0.2) is 48.5 Å². The Labute approximate surface area is 140 Å². The van der Waals surface area contributed by atoms with Crippen molar-refractivity contribution in [3.63, 3.8) is 0 Å². The minimum absolute atomic E-state index is 0.227. The fourth-order valence-electron chi connectivity index (χ4n) is 1.95. The van der Waals surface area contributed by atoms with E-state index in [1.807, 2.05) is 31.2 Å². The molecule has 0 aromatic heterocycles. The molecule has 0 aliphatic rings. The van der Waals surface area contributed by atoms with Gasteiger partial charge in [-0.1, -0.05) is 23.8 Å². The van der Waals surface area contributed by atoms with E-state index in [1.165, 1.54) is 0 Å². The molecule has 0 heterocycles. The Morgan fingerprint density at radius 1 is 1.04 bits per heavy atom. The predicted octanol–water partition coefficient (Wildman–Crippen LogP) is 1.67. The summed E-state index contributed by atoms with van der Waals surface area (Å²) >= 11 is 0. The quantitative estimate of drug-likeness (QED) is 0.721. The number of ether oxygens (including phenoxy) is 2. The highest BCUT2D eigenvalue weighted by Gasteiger charge is 2.07. The Morgan fingerprint density at radius 2 is 1.79 bits per heavy atom. The van der Waals surface area contributed by atoms with E-state index in [2.05, 4.69) is 5.32 Å². The molecule has 126 valence electrons. The molecule has 0 spiro atoms. The van der Waals surface area contributed by atoms with Crippen LogP contribution in [0.3, 0.4) is 0 Å². The van der Waals surface area contributed by atoms with Gasteiger partial charge in [0.25, 0.3) is 11.8 Å². The molecule has 2 amide bonds. The van der Waals surface area contributed by atoms with Crippen molar-refractivity contribution in [1.29, 1.82) is 0 Å². The second kappa shape index (κ2) is 8.57. The van der Waals surface area contributed by atoms with Crippen LogP contribution in [-0.4, -0.2) is 31.6 Å². The van der Waals surface area contributed by atoms with Crippen molar-refractivity contribution in [2.24, 2.45) is 5.73 Å². The van der Waals surface area contributed by atoms with Gasteiger partial charge in [0.2, 0.25) is 0 Å². The summed E-state index contributed by atoms with van der Waals surface area (Å²) < 4.78 is 10.7. The normalized spacial score (nSPS) is 10.0. The monoisotopic (exact) mass is 328 g/mol. The average molecular weight is 328 g/mol. The molecule has 0 unspecified atom stereocenters. The van der Waals surface area contributed by atoms with Crippen LogP contribution in [-0.2, 0) is 4.79 Å². The largest absolute Gasteiger partial charge is 0.492 e. The summed E-state index contributed by atoms with van der Waals surface area (Å²) in [6.07, 6.45) is 0. The SMILES string of the molecule is Cc1ccc(OCCNC(=O)c2cccc(OCC(N)=O)c2)cc1. The van der Waals surface area contributed by atoms with E-state index in [1.54, 1.807) is 24.3 Å². The van der Waals surface area contributed by atoms with Gasteiger partial charge in [-0.3, -0.25) is 9.59 Å². The van der Waals surface area contributed by atoms with E-state index in [9.17, 15) is 9.59 Å². The smallest absolute Gasteiger partial charge is 0.255 e. The number of hydrogen-bond donors (Lipinski definition) is 2. The summed E-state index contributed by atoms with van der Waals surface area (Å²) in [5.41, 5.74) is 6.62. The summed E-state index contributed by atoms with van der Waals surface area (Å²) in [5.74, 6) is 0.360. The van der Waals surface area contributed by atoms with Gasteiger partial charge >= 0.3 is 0 Å². The van der Waals surface area contributed by atoms with Crippen molar-refractivity contribution in [1.82, 2.24) is 5.32 Å². The molecule has 0 fully saturated rings. The summed E-state index contributed by atoms with van der Waals surface area (Å²) in [4.78, 5) is 22.8. The van der Waals surface area contributed by atoms with Gasteiger partial charge in [-0.2, -0.15) is 0 Å². The first-order valence-electron chi connectivity index (χ1n) is 7.53. The van der Waals surface area contributed by atoms with Crippen molar-refractivity contribution in [3.8, 4) is 11.5 Å². The van der Waals surface area contributed by atoms with Crippen LogP contribution < -0.4 is 20.5 Å². The van der Waals surface area contributed by atoms with E-state index in [4.69, 9.17) is 15.2 Å². The molecule has 24 heavy (non-hydrogen) atoms. The van der Waals surface area contributed by atoms with Gasteiger partial charge in [0.15, 0.2) is 6.61 Å². The fourth-order valence-corrected chi connectivity index (χ4v) is 1.95. The first-order valence-corrected chi connectivity index (χ1v) is 7.53. The van der Waals surface area contributed by atoms with Crippen LogP contribution in [0.25, 0.3) is 0 Å². The number of amides is 2. The number of carbonyl (C=O) groups excluding carboxylic acids is 2. The van der Waals surface area contributed by atoms with Crippen molar-refractivity contribution >= 4 is 11.8 Å². The second-order valence-electron chi connectivity index (χ2n) is 5.20. The zero-order valence-electron chi connectivity index (χ0n) is 13.5. The lowest BCUT2D eigenvalue weighted by atomic mass is 10.2. The average Bonchev–Trinajstić information content (AvgIpc) is 2.58. The molecule has 0 aliphatic heterocycles. The molecular weight excluding hydrogens is 308 g/mol. The van der Waals surface area contributed by atoms with Gasteiger partial charge in [0.1, 0.15) is 18.1 Å². The summed E-state index contributed by atoms with van der Waals surface area (Å²) in [5, 5.41) is 2.76. The third kappa shape index (κ3) is 5.64. The zero-order chi connectivity index (χ0) is 17.4. The highest BCUT2D eigenvalue weighted by molar-refractivity contribution is 5.94. The minimum atomic E-state index is -0.571. The standard InChI is InChI=1S/C18H20N2O4/c1-13-5-7-15(8-6-13)23-10-9-20-18(22)14-3-2-4-16(11-14)24-12-17(19)21/h2-8,11H,9-10,12H2,1H3,(H2,19,21)(H,20,22). The lowest BCUT2D eigenvalue weighted by Crippen LogP contribution is -2.28. The van der Waals surface area contributed by atoms with Crippen LogP contribution in [0, 0.1) is 6.92 Å². The molecular formula is C18H20N2O4. The second-order valence-corrected chi connectivity index (χ2v) is 5.20. The molecule has 0 aliphatic carbocycles. The maximum absolute atomic E-state index is 12.1. The van der Waals surface area contributed by atoms with Crippen LogP contribution in [0.5, 0.6) is 11.5 Å². The Bertz CT molecular complexity index is 698. The lowest BCUT2D eigenvalue weighted by Gasteiger charge is -2.09. The van der Waals surface area contributed by atoms with E-state index in [-0.39, 0.29) is 12.5 Å². The Balaban J connectivity index is 1.78. The Kier molecular flexibility index (Phi) is 6.19. The van der Waals surface area contributed by atoms with Crippen LogP contribution in [0.1, 0.15) is 15.9 Å². The first kappa shape index (κ1) is 17.3. The van der Waals surface area contributed by atoms with Crippen molar-refractivity contribution < 1.29 is 19.1 Å². The number of nitrogens with two attached hydrogens (primary N) is 1. The molecule has 3 N–H and O–H groups in total. The molecule has 0 radical (unpaired) electrons. The number of carbonyl (C=O) groups is 2. The Morgan fingerprint density at radius 3 is 2.50 bits per heavy atom. The predicted molar refractivity (Wildman–Crippen MR) is 90.1 cm³/mol. The van der Waals surface area contributed by atoms with E-state index >= 15 is 0 Å². The maximum Gasteiger partial charge on any atom is 0.255 e. The van der Waals surface area contributed by atoms with E-state index in [0.29, 0.717) is 24.5 Å². The van der Waals surface area contributed by atoms with Crippen LogP contribution in [0.4, 0.5) is 0 Å². The topological polar surface area (TPSA) is 90.7 Å². The van der Waals surface area contributed by atoms with Gasteiger partial charge in [0, 0.05) is 5.56 Å². The molecule has 2 rings (SSSR count). The number of aryl methyl sites for hydroxylation is 1. The third-order valence-electron chi connectivity index (χ3n) is 3.15. The molecule has 2 aromatic rings. The number of hydrogen-bond acceptors (Lipinski definition) is 4. The summed E-state index contributed by atoms with van der Waals surface area (Å²) in [7, 11) is 0. The van der Waals surface area contributed by atoms with Crippen molar-refractivity contribution in [2.75, 3.05) is 19.8 Å². The van der Waals surface area contributed by atoms with Crippen molar-refractivity contribution in [2.45, 2.75) is 6.92 Å². The molecule has 0 bridgehead atoms. The maximum atomic E-state index is 12.1. The van der Waals surface area contributed by atoms with Crippen molar-refractivity contribution in [3.05, 3.63) is 59.7 Å².